The molecule has 2 aromatic carbocycles. The fraction of sp³-hybridized carbons (Fsp3) is 0.269. The maximum Gasteiger partial charge on any atom is 0.338 e. The van der Waals surface area contributed by atoms with Gasteiger partial charge in [-0.2, -0.15) is 0 Å². The maximum absolute atomic E-state index is 13.6. The van der Waals surface area contributed by atoms with Crippen molar-refractivity contribution in [2.75, 3.05) is 20.8 Å². The first-order valence-electron chi connectivity index (χ1n) is 10.9. The van der Waals surface area contributed by atoms with Crippen molar-refractivity contribution in [2.45, 2.75) is 26.8 Å². The van der Waals surface area contributed by atoms with E-state index in [4.69, 9.17) is 14.2 Å². The summed E-state index contributed by atoms with van der Waals surface area (Å²) in [4.78, 5) is 31.8. The lowest BCUT2D eigenvalue weighted by Crippen LogP contribution is -2.40. The third kappa shape index (κ3) is 4.28. The highest BCUT2D eigenvalue weighted by Crippen LogP contribution is 2.33. The number of carbonyl (C=O) groups is 1. The van der Waals surface area contributed by atoms with Gasteiger partial charge >= 0.3 is 5.97 Å². The molecule has 0 N–H and O–H groups in total. The van der Waals surface area contributed by atoms with Crippen LogP contribution in [-0.2, 0) is 9.53 Å². The molecule has 1 atom stereocenters. The zero-order valence-electron chi connectivity index (χ0n) is 19.7. The van der Waals surface area contributed by atoms with Gasteiger partial charge in [-0.25, -0.2) is 9.79 Å². The number of carbonyl (C=O) groups excluding carboxylic acids is 1. The van der Waals surface area contributed by atoms with Gasteiger partial charge in [-0.1, -0.05) is 35.6 Å². The van der Waals surface area contributed by atoms with Crippen molar-refractivity contribution >= 4 is 23.4 Å². The molecule has 0 saturated carbocycles. The lowest BCUT2D eigenvalue weighted by atomic mass is 9.95. The lowest BCUT2D eigenvalue weighted by molar-refractivity contribution is -0.139. The molecule has 0 amide bonds. The van der Waals surface area contributed by atoms with E-state index in [1.54, 1.807) is 32.6 Å². The van der Waals surface area contributed by atoms with Crippen LogP contribution in [0.25, 0.3) is 6.08 Å². The minimum Gasteiger partial charge on any atom is -0.497 e. The van der Waals surface area contributed by atoms with E-state index in [0.29, 0.717) is 26.4 Å². The van der Waals surface area contributed by atoms with E-state index in [1.165, 1.54) is 11.3 Å². The molecular weight excluding hydrogens is 452 g/mol. The number of hydrogen-bond donors (Lipinski definition) is 0. The van der Waals surface area contributed by atoms with Crippen molar-refractivity contribution in [1.29, 1.82) is 0 Å². The summed E-state index contributed by atoms with van der Waals surface area (Å²) in [5.74, 6) is 0.926. The fourth-order valence-electron chi connectivity index (χ4n) is 3.97. The molecule has 176 valence electrons. The lowest BCUT2D eigenvalue weighted by Gasteiger charge is -2.25. The summed E-state index contributed by atoms with van der Waals surface area (Å²) in [5, 5.41) is 0. The van der Waals surface area contributed by atoms with Crippen molar-refractivity contribution in [3.05, 3.63) is 90.1 Å². The van der Waals surface area contributed by atoms with Gasteiger partial charge in [-0.3, -0.25) is 9.36 Å². The quantitative estimate of drug-likeness (QED) is 0.509. The van der Waals surface area contributed by atoms with Crippen LogP contribution < -0.4 is 24.4 Å². The third-order valence-corrected chi connectivity index (χ3v) is 6.66. The molecule has 2 heterocycles. The molecule has 0 fully saturated rings. The van der Waals surface area contributed by atoms with E-state index in [1.807, 2.05) is 55.5 Å². The fourth-order valence-corrected chi connectivity index (χ4v) is 5.01. The van der Waals surface area contributed by atoms with Gasteiger partial charge in [0.15, 0.2) is 4.80 Å². The Morgan fingerprint density at radius 2 is 1.85 bits per heavy atom. The predicted molar refractivity (Wildman–Crippen MR) is 131 cm³/mol. The monoisotopic (exact) mass is 478 g/mol. The van der Waals surface area contributed by atoms with Crippen molar-refractivity contribution < 1.29 is 19.0 Å². The smallest absolute Gasteiger partial charge is 0.338 e. The molecule has 0 bridgehead atoms. The van der Waals surface area contributed by atoms with Gasteiger partial charge in [0.25, 0.3) is 5.56 Å². The molecule has 7 nitrogen and oxygen atoms in total. The predicted octanol–water partition coefficient (Wildman–Crippen LogP) is 3.12. The van der Waals surface area contributed by atoms with E-state index < -0.39 is 12.0 Å². The van der Waals surface area contributed by atoms with E-state index in [-0.39, 0.29) is 12.2 Å². The number of aryl methyl sites for hydroxylation is 1. The van der Waals surface area contributed by atoms with Crippen molar-refractivity contribution in [3.8, 4) is 11.5 Å². The molecule has 0 saturated heterocycles. The van der Waals surface area contributed by atoms with Crippen LogP contribution in [0.3, 0.4) is 0 Å². The standard InChI is InChI=1S/C26H26N2O5S/c1-6-33-25(30)22-16(3)27-26-28(23(22)18-10-7-15(2)20(14-18)32-5)24(29)21(34-26)13-17-8-11-19(31-4)12-9-17/h7-14,23H,6H2,1-5H3/b21-13+/t23-/m0/s1. The largest absolute Gasteiger partial charge is 0.497 e. The average Bonchev–Trinajstić information content (AvgIpc) is 3.13. The number of methoxy groups -OCH3 is 2. The van der Waals surface area contributed by atoms with E-state index >= 15 is 0 Å². The topological polar surface area (TPSA) is 79.1 Å². The molecular formula is C26H26N2O5S. The molecule has 1 aromatic heterocycles. The Kier molecular flexibility index (Phi) is 6.70. The van der Waals surface area contributed by atoms with Crippen molar-refractivity contribution in [2.24, 2.45) is 4.99 Å². The Hall–Kier alpha value is -3.65. The molecule has 0 spiro atoms. The second-order valence-corrected chi connectivity index (χ2v) is 8.81. The summed E-state index contributed by atoms with van der Waals surface area (Å²) in [6.07, 6.45) is 1.82. The molecule has 4 rings (SSSR count). The zero-order chi connectivity index (χ0) is 24.4. The Morgan fingerprint density at radius 3 is 2.50 bits per heavy atom. The summed E-state index contributed by atoms with van der Waals surface area (Å²) in [6, 6.07) is 12.5. The van der Waals surface area contributed by atoms with E-state index in [9.17, 15) is 9.59 Å². The SMILES string of the molecule is CCOC(=O)C1=C(C)N=c2s/c(=C/c3ccc(OC)cc3)c(=O)n2[C@H]1c1ccc(C)c(OC)c1. The summed E-state index contributed by atoms with van der Waals surface area (Å²) in [6.45, 7) is 5.69. The van der Waals surface area contributed by atoms with Gasteiger partial charge in [-0.05, 0) is 61.7 Å². The molecule has 34 heavy (non-hydrogen) atoms. The van der Waals surface area contributed by atoms with Gasteiger partial charge < -0.3 is 14.2 Å². The minimum absolute atomic E-state index is 0.224. The van der Waals surface area contributed by atoms with Crippen LogP contribution in [0.1, 0.15) is 36.6 Å². The number of thiazole rings is 1. The van der Waals surface area contributed by atoms with Crippen molar-refractivity contribution in [1.82, 2.24) is 4.57 Å². The van der Waals surface area contributed by atoms with Crippen LogP contribution in [0.15, 0.2) is 63.5 Å². The van der Waals surface area contributed by atoms with Gasteiger partial charge in [0.1, 0.15) is 11.5 Å². The summed E-state index contributed by atoms with van der Waals surface area (Å²) in [7, 11) is 3.20. The number of fused-ring (bicyclic) bond motifs is 1. The Bertz CT molecular complexity index is 1450. The second-order valence-electron chi connectivity index (χ2n) is 7.80. The van der Waals surface area contributed by atoms with Crippen LogP contribution in [-0.4, -0.2) is 31.4 Å². The van der Waals surface area contributed by atoms with Crippen LogP contribution >= 0.6 is 11.3 Å². The molecule has 0 radical (unpaired) electrons. The Morgan fingerprint density at radius 1 is 1.12 bits per heavy atom. The summed E-state index contributed by atoms with van der Waals surface area (Å²) >= 11 is 1.29. The van der Waals surface area contributed by atoms with Crippen molar-refractivity contribution in [3.63, 3.8) is 0 Å². The molecule has 8 heteroatoms. The number of nitrogens with zero attached hydrogens (tertiary/aromatic N) is 2. The molecule has 1 aliphatic heterocycles. The normalized spacial score (nSPS) is 15.6. The van der Waals surface area contributed by atoms with E-state index in [0.717, 1.165) is 22.4 Å². The van der Waals surface area contributed by atoms with Gasteiger partial charge in [0, 0.05) is 0 Å². The molecule has 3 aromatic rings. The van der Waals surface area contributed by atoms with Crippen LogP contribution in [0.4, 0.5) is 0 Å². The number of allylic oxidation sites excluding steroid dienone is 1. The number of rotatable bonds is 6. The average molecular weight is 479 g/mol. The Labute approximate surface area is 201 Å². The zero-order valence-corrected chi connectivity index (χ0v) is 20.6. The highest BCUT2D eigenvalue weighted by atomic mass is 32.1. The van der Waals surface area contributed by atoms with Crippen LogP contribution in [0.5, 0.6) is 11.5 Å². The van der Waals surface area contributed by atoms with E-state index in [2.05, 4.69) is 4.99 Å². The van der Waals surface area contributed by atoms with Crippen LogP contribution in [0, 0.1) is 6.92 Å². The maximum atomic E-state index is 13.6. The summed E-state index contributed by atoms with van der Waals surface area (Å²) < 4.78 is 18.2. The Balaban J connectivity index is 1.94. The second kappa shape index (κ2) is 9.69. The highest BCUT2D eigenvalue weighted by Gasteiger charge is 2.33. The number of benzene rings is 2. The first-order chi connectivity index (χ1) is 16.4. The number of aromatic nitrogens is 1. The van der Waals surface area contributed by atoms with Crippen LogP contribution in [0.2, 0.25) is 0 Å². The first-order valence-corrected chi connectivity index (χ1v) is 11.7. The van der Waals surface area contributed by atoms with Gasteiger partial charge in [0.05, 0.1) is 42.7 Å². The summed E-state index contributed by atoms with van der Waals surface area (Å²) in [5.41, 5.74) is 3.21. The number of ether oxygens (including phenoxy) is 3. The third-order valence-electron chi connectivity index (χ3n) is 5.68. The number of esters is 1. The molecule has 0 aliphatic carbocycles. The minimum atomic E-state index is -0.678. The number of hydrogen-bond acceptors (Lipinski definition) is 7. The highest BCUT2D eigenvalue weighted by molar-refractivity contribution is 7.07. The molecule has 1 aliphatic rings. The van der Waals surface area contributed by atoms with Gasteiger partial charge in [-0.15, -0.1) is 0 Å². The molecule has 0 unspecified atom stereocenters. The first kappa shape index (κ1) is 23.5. The van der Waals surface area contributed by atoms with Gasteiger partial charge in [0.2, 0.25) is 0 Å².